The Hall–Kier alpha value is -1.90. The van der Waals surface area contributed by atoms with Crippen molar-refractivity contribution in [2.75, 3.05) is 19.8 Å². The van der Waals surface area contributed by atoms with Crippen molar-refractivity contribution in [2.24, 2.45) is 0 Å². The van der Waals surface area contributed by atoms with Crippen molar-refractivity contribution in [3.05, 3.63) is 46.5 Å². The number of thiazole rings is 1. The van der Waals surface area contributed by atoms with Crippen LogP contribution in [0.2, 0.25) is 0 Å². The molecule has 0 saturated carbocycles. The van der Waals surface area contributed by atoms with Gasteiger partial charge < -0.3 is 14.8 Å². The van der Waals surface area contributed by atoms with Gasteiger partial charge >= 0.3 is 5.97 Å². The summed E-state index contributed by atoms with van der Waals surface area (Å²) < 4.78 is 11.6. The summed E-state index contributed by atoms with van der Waals surface area (Å²) in [6, 6.07) is 7.28. The zero-order valence-electron chi connectivity index (χ0n) is 15.1. The molecular weight excluding hydrogens is 384 g/mol. The van der Waals surface area contributed by atoms with E-state index in [9.17, 15) is 9.59 Å². The van der Waals surface area contributed by atoms with E-state index >= 15 is 0 Å². The first-order valence-corrected chi connectivity index (χ1v) is 10.7. The molecule has 1 aromatic carbocycles. The third-order valence-corrected chi connectivity index (χ3v) is 6.26. The van der Waals surface area contributed by atoms with Crippen LogP contribution in [0.25, 0.3) is 0 Å². The quantitative estimate of drug-likeness (QED) is 0.536. The number of ether oxygens (including phenoxy) is 2. The maximum absolute atomic E-state index is 12.4. The van der Waals surface area contributed by atoms with E-state index in [1.54, 1.807) is 35.2 Å². The lowest BCUT2D eigenvalue weighted by atomic mass is 10.1. The molecule has 0 spiro atoms. The molecule has 0 radical (unpaired) electrons. The first kappa shape index (κ1) is 19.9. The number of amides is 1. The van der Waals surface area contributed by atoms with Gasteiger partial charge in [-0.05, 0) is 31.4 Å². The van der Waals surface area contributed by atoms with Gasteiger partial charge in [0.15, 0.2) is 6.61 Å². The molecule has 1 atom stereocenters. The summed E-state index contributed by atoms with van der Waals surface area (Å²) in [6.45, 7) is 2.86. The molecule has 8 heteroatoms. The first-order chi connectivity index (χ1) is 13.1. The van der Waals surface area contributed by atoms with E-state index < -0.39 is 5.97 Å². The van der Waals surface area contributed by atoms with Crippen molar-refractivity contribution >= 4 is 35.0 Å². The van der Waals surface area contributed by atoms with Crippen molar-refractivity contribution in [2.45, 2.75) is 36.0 Å². The van der Waals surface area contributed by atoms with E-state index in [0.717, 1.165) is 35.0 Å². The molecule has 1 saturated heterocycles. The number of benzene rings is 1. The number of hydrogen-bond acceptors (Lipinski definition) is 7. The Morgan fingerprint density at radius 1 is 1.41 bits per heavy atom. The number of thioether (sulfide) groups is 1. The fourth-order valence-electron chi connectivity index (χ4n) is 2.68. The van der Waals surface area contributed by atoms with Crippen molar-refractivity contribution in [3.8, 4) is 0 Å². The second kappa shape index (κ2) is 9.87. The molecule has 1 fully saturated rings. The summed E-state index contributed by atoms with van der Waals surface area (Å²) in [6.07, 6.45) is 2.03. The molecule has 27 heavy (non-hydrogen) atoms. The minimum absolute atomic E-state index is 0.0666. The Bertz CT molecular complexity index is 788. The molecule has 1 amide bonds. The van der Waals surface area contributed by atoms with E-state index in [1.165, 1.54) is 0 Å². The van der Waals surface area contributed by atoms with E-state index in [4.69, 9.17) is 9.47 Å². The number of rotatable bonds is 8. The number of esters is 1. The monoisotopic (exact) mass is 406 g/mol. The molecule has 0 bridgehead atoms. The lowest BCUT2D eigenvalue weighted by Crippen LogP contribution is -2.34. The third kappa shape index (κ3) is 6.05. The highest BCUT2D eigenvalue weighted by molar-refractivity contribution is 8.00. The van der Waals surface area contributed by atoms with Gasteiger partial charge in [-0.3, -0.25) is 4.79 Å². The molecule has 6 nitrogen and oxygen atoms in total. The van der Waals surface area contributed by atoms with Crippen molar-refractivity contribution < 1.29 is 19.1 Å². The smallest absolute Gasteiger partial charge is 0.338 e. The van der Waals surface area contributed by atoms with Gasteiger partial charge in [-0.25, -0.2) is 9.78 Å². The van der Waals surface area contributed by atoms with Gasteiger partial charge in [0.25, 0.3) is 5.91 Å². The molecule has 2 heterocycles. The lowest BCUT2D eigenvalue weighted by molar-refractivity contribution is -0.124. The standard InChI is InChI=1S/C19H22N2O4S2/c1-13-11-26-19(21-13)27-12-14-5-2-3-7-16(14)18(23)25-10-17(22)20-9-15-6-4-8-24-15/h2-3,5,7,11,15H,4,6,8-10,12H2,1H3,(H,20,22)/t15-/m0/s1. The van der Waals surface area contributed by atoms with Crippen molar-refractivity contribution in [3.63, 3.8) is 0 Å². The fourth-order valence-corrected chi connectivity index (χ4v) is 4.53. The molecule has 144 valence electrons. The van der Waals surface area contributed by atoms with E-state index in [-0.39, 0.29) is 18.6 Å². The Labute approximate surface area is 166 Å². The Balaban J connectivity index is 1.49. The largest absolute Gasteiger partial charge is 0.452 e. The fraction of sp³-hybridized carbons (Fsp3) is 0.421. The topological polar surface area (TPSA) is 77.5 Å². The van der Waals surface area contributed by atoms with Crippen LogP contribution in [-0.4, -0.2) is 42.7 Å². The molecular formula is C19H22N2O4S2. The normalized spacial score (nSPS) is 16.3. The summed E-state index contributed by atoms with van der Waals surface area (Å²) in [4.78, 5) is 28.7. The second-order valence-corrected chi connectivity index (χ2v) is 8.30. The molecule has 0 aliphatic carbocycles. The number of carbonyl (C=O) groups excluding carboxylic acids is 2. The maximum Gasteiger partial charge on any atom is 0.338 e. The predicted molar refractivity (Wildman–Crippen MR) is 105 cm³/mol. The van der Waals surface area contributed by atoms with Crippen molar-refractivity contribution in [1.29, 1.82) is 0 Å². The Morgan fingerprint density at radius 3 is 3.00 bits per heavy atom. The zero-order chi connectivity index (χ0) is 19.1. The summed E-state index contributed by atoms with van der Waals surface area (Å²) in [5.41, 5.74) is 2.33. The molecule has 1 aliphatic heterocycles. The van der Waals surface area contributed by atoms with E-state index in [2.05, 4.69) is 10.3 Å². The van der Waals surface area contributed by atoms with Gasteiger partial charge in [0.1, 0.15) is 4.34 Å². The summed E-state index contributed by atoms with van der Waals surface area (Å²) >= 11 is 3.16. The van der Waals surface area contributed by atoms with E-state index in [1.807, 2.05) is 24.4 Å². The van der Waals surface area contributed by atoms with Crippen LogP contribution >= 0.6 is 23.1 Å². The van der Waals surface area contributed by atoms with Gasteiger partial charge in [0.2, 0.25) is 0 Å². The molecule has 0 unspecified atom stereocenters. The van der Waals surface area contributed by atoms with Crippen LogP contribution in [0, 0.1) is 6.92 Å². The van der Waals surface area contributed by atoms with Gasteiger partial charge in [0.05, 0.1) is 11.7 Å². The number of nitrogens with one attached hydrogen (secondary N) is 1. The highest BCUT2D eigenvalue weighted by atomic mass is 32.2. The Morgan fingerprint density at radius 2 is 2.26 bits per heavy atom. The van der Waals surface area contributed by atoms with Gasteiger partial charge in [0, 0.05) is 30.0 Å². The maximum atomic E-state index is 12.4. The van der Waals surface area contributed by atoms with Crippen molar-refractivity contribution in [1.82, 2.24) is 10.3 Å². The van der Waals surface area contributed by atoms with Crippen LogP contribution in [0.3, 0.4) is 0 Å². The van der Waals surface area contributed by atoms with E-state index in [0.29, 0.717) is 17.9 Å². The van der Waals surface area contributed by atoms with Gasteiger partial charge in [-0.15, -0.1) is 11.3 Å². The molecule has 1 aromatic heterocycles. The first-order valence-electron chi connectivity index (χ1n) is 8.80. The molecule has 1 N–H and O–H groups in total. The zero-order valence-corrected chi connectivity index (χ0v) is 16.7. The summed E-state index contributed by atoms with van der Waals surface area (Å²) in [5, 5.41) is 4.74. The summed E-state index contributed by atoms with van der Waals surface area (Å²) in [7, 11) is 0. The van der Waals surface area contributed by atoms with Gasteiger partial charge in [-0.1, -0.05) is 30.0 Å². The lowest BCUT2D eigenvalue weighted by Gasteiger charge is -2.12. The van der Waals surface area contributed by atoms with Crippen LogP contribution in [0.15, 0.2) is 34.0 Å². The number of aromatic nitrogens is 1. The van der Waals surface area contributed by atoms with Crippen LogP contribution in [0.4, 0.5) is 0 Å². The SMILES string of the molecule is Cc1csc(SCc2ccccc2C(=O)OCC(=O)NC[C@@H]2CCCO2)n1. The minimum Gasteiger partial charge on any atom is -0.452 e. The minimum atomic E-state index is -0.492. The highest BCUT2D eigenvalue weighted by Crippen LogP contribution is 2.27. The molecule has 2 aromatic rings. The second-order valence-electron chi connectivity index (χ2n) is 6.22. The molecule has 1 aliphatic rings. The highest BCUT2D eigenvalue weighted by Gasteiger charge is 2.18. The summed E-state index contributed by atoms with van der Waals surface area (Å²) in [5.74, 6) is -0.193. The predicted octanol–water partition coefficient (Wildman–Crippen LogP) is 3.20. The number of aryl methyl sites for hydroxylation is 1. The number of nitrogens with zero attached hydrogens (tertiary/aromatic N) is 1. The Kier molecular flexibility index (Phi) is 7.25. The van der Waals surface area contributed by atoms with Crippen LogP contribution in [-0.2, 0) is 20.0 Å². The average molecular weight is 407 g/mol. The molecule has 3 rings (SSSR count). The third-order valence-electron chi connectivity index (χ3n) is 4.07. The average Bonchev–Trinajstić information content (AvgIpc) is 3.34. The van der Waals surface area contributed by atoms with Crippen LogP contribution in [0.5, 0.6) is 0 Å². The number of carbonyl (C=O) groups is 2. The number of hydrogen-bond donors (Lipinski definition) is 1. The van der Waals surface area contributed by atoms with Gasteiger partial charge in [-0.2, -0.15) is 0 Å². The van der Waals surface area contributed by atoms with Crippen LogP contribution < -0.4 is 5.32 Å². The van der Waals surface area contributed by atoms with Crippen LogP contribution in [0.1, 0.15) is 34.5 Å².